The number of carbonyl (C=O) groups excluding carboxylic acids is 1. The van der Waals surface area contributed by atoms with Crippen LogP contribution in [0.2, 0.25) is 5.02 Å². The Labute approximate surface area is 137 Å². The van der Waals surface area contributed by atoms with E-state index in [4.69, 9.17) is 21.1 Å². The highest BCUT2D eigenvalue weighted by Crippen LogP contribution is 2.28. The molecule has 0 aliphatic heterocycles. The Morgan fingerprint density at radius 3 is 2.62 bits per heavy atom. The van der Waals surface area contributed by atoms with Crippen molar-refractivity contribution in [1.29, 1.82) is 0 Å². The summed E-state index contributed by atoms with van der Waals surface area (Å²) in [7, 11) is 1.57. The van der Waals surface area contributed by atoms with Crippen LogP contribution in [0.15, 0.2) is 40.9 Å². The molecule has 0 unspecified atom stereocenters. The zero-order chi connectivity index (χ0) is 15.4. The van der Waals surface area contributed by atoms with E-state index < -0.39 is 0 Å². The maximum absolute atomic E-state index is 11.6. The van der Waals surface area contributed by atoms with Gasteiger partial charge in [0.2, 0.25) is 0 Å². The molecule has 3 nitrogen and oxygen atoms in total. The summed E-state index contributed by atoms with van der Waals surface area (Å²) in [5.74, 6) is 1.06. The SMILES string of the molecule is COc1ccc(C(C)=O)c(OCc2ccc(Br)cc2Cl)c1. The zero-order valence-electron chi connectivity index (χ0n) is 11.7. The van der Waals surface area contributed by atoms with Crippen LogP contribution in [0.1, 0.15) is 22.8 Å². The molecule has 0 N–H and O–H groups in total. The van der Waals surface area contributed by atoms with Crippen LogP contribution in [-0.4, -0.2) is 12.9 Å². The van der Waals surface area contributed by atoms with Crippen LogP contribution < -0.4 is 9.47 Å². The number of ketones is 1. The number of hydrogen-bond donors (Lipinski definition) is 0. The van der Waals surface area contributed by atoms with Gasteiger partial charge in [-0.15, -0.1) is 0 Å². The molecule has 0 fully saturated rings. The first kappa shape index (κ1) is 15.9. The minimum absolute atomic E-state index is 0.0606. The lowest BCUT2D eigenvalue weighted by Gasteiger charge is -2.12. The summed E-state index contributed by atoms with van der Waals surface area (Å²) >= 11 is 9.51. The number of Topliss-reactive ketones (excluding diaryl/α,β-unsaturated/α-hetero) is 1. The van der Waals surface area contributed by atoms with E-state index in [9.17, 15) is 4.79 Å². The fraction of sp³-hybridized carbons (Fsp3) is 0.188. The van der Waals surface area contributed by atoms with Gasteiger partial charge in [-0.2, -0.15) is 0 Å². The van der Waals surface area contributed by atoms with Gasteiger partial charge in [-0.25, -0.2) is 0 Å². The van der Waals surface area contributed by atoms with Crippen LogP contribution in [0.3, 0.4) is 0 Å². The van der Waals surface area contributed by atoms with Crippen LogP contribution >= 0.6 is 27.5 Å². The third kappa shape index (κ3) is 3.99. The van der Waals surface area contributed by atoms with Gasteiger partial charge in [-0.1, -0.05) is 33.6 Å². The van der Waals surface area contributed by atoms with Crippen LogP contribution in [0.4, 0.5) is 0 Å². The lowest BCUT2D eigenvalue weighted by Crippen LogP contribution is -2.02. The third-order valence-corrected chi connectivity index (χ3v) is 3.81. The standard InChI is InChI=1S/C16H14BrClO3/c1-10(19)14-6-5-13(20-2)8-16(14)21-9-11-3-4-12(17)7-15(11)18/h3-8H,9H2,1-2H3. The maximum Gasteiger partial charge on any atom is 0.163 e. The molecular weight excluding hydrogens is 356 g/mol. The summed E-state index contributed by atoms with van der Waals surface area (Å²) in [5, 5.41) is 0.608. The Morgan fingerprint density at radius 1 is 1.24 bits per heavy atom. The summed E-state index contributed by atoms with van der Waals surface area (Å²) < 4.78 is 11.8. The molecule has 0 amide bonds. The Bertz CT molecular complexity index is 671. The molecule has 2 aromatic rings. The summed E-state index contributed by atoms with van der Waals surface area (Å²) in [5.41, 5.74) is 1.36. The van der Waals surface area contributed by atoms with Gasteiger partial charge in [-0.05, 0) is 31.2 Å². The van der Waals surface area contributed by atoms with Crippen LogP contribution in [0.25, 0.3) is 0 Å². The molecule has 0 atom stereocenters. The second-order valence-electron chi connectivity index (χ2n) is 4.44. The van der Waals surface area contributed by atoms with Crippen molar-refractivity contribution in [1.82, 2.24) is 0 Å². The summed E-state index contributed by atoms with van der Waals surface area (Å²) in [6.07, 6.45) is 0. The molecule has 0 saturated heterocycles. The van der Waals surface area contributed by atoms with Gasteiger partial charge in [0.15, 0.2) is 5.78 Å². The van der Waals surface area contributed by atoms with E-state index in [1.165, 1.54) is 6.92 Å². The summed E-state index contributed by atoms with van der Waals surface area (Å²) in [6.45, 7) is 1.78. The van der Waals surface area contributed by atoms with Crippen molar-refractivity contribution in [2.24, 2.45) is 0 Å². The van der Waals surface area contributed by atoms with Gasteiger partial charge in [0.05, 0.1) is 12.7 Å². The van der Waals surface area contributed by atoms with E-state index in [1.807, 2.05) is 12.1 Å². The van der Waals surface area contributed by atoms with Gasteiger partial charge < -0.3 is 9.47 Å². The molecule has 0 bridgehead atoms. The molecule has 0 aliphatic carbocycles. The predicted molar refractivity (Wildman–Crippen MR) is 86.5 cm³/mol. The summed E-state index contributed by atoms with van der Waals surface area (Å²) in [4.78, 5) is 11.6. The minimum Gasteiger partial charge on any atom is -0.497 e. The predicted octanol–water partition coefficient (Wildman–Crippen LogP) is 4.89. The lowest BCUT2D eigenvalue weighted by atomic mass is 10.1. The quantitative estimate of drug-likeness (QED) is 0.704. The Balaban J connectivity index is 2.24. The molecule has 21 heavy (non-hydrogen) atoms. The van der Waals surface area contributed by atoms with E-state index in [-0.39, 0.29) is 12.4 Å². The largest absolute Gasteiger partial charge is 0.497 e. The molecule has 2 rings (SSSR count). The van der Waals surface area contributed by atoms with E-state index in [0.29, 0.717) is 22.1 Å². The minimum atomic E-state index is -0.0606. The average Bonchev–Trinajstić information content (AvgIpc) is 2.45. The highest BCUT2D eigenvalue weighted by atomic mass is 79.9. The van der Waals surface area contributed by atoms with Crippen molar-refractivity contribution < 1.29 is 14.3 Å². The Morgan fingerprint density at radius 2 is 2.00 bits per heavy atom. The fourth-order valence-corrected chi connectivity index (χ4v) is 2.56. The van der Waals surface area contributed by atoms with Crippen molar-refractivity contribution in [3.05, 3.63) is 57.0 Å². The topological polar surface area (TPSA) is 35.5 Å². The first-order valence-electron chi connectivity index (χ1n) is 6.27. The molecule has 0 aromatic heterocycles. The smallest absolute Gasteiger partial charge is 0.163 e. The molecular formula is C16H14BrClO3. The van der Waals surface area contributed by atoms with Gasteiger partial charge >= 0.3 is 0 Å². The van der Waals surface area contributed by atoms with E-state index in [0.717, 1.165) is 10.0 Å². The molecule has 0 radical (unpaired) electrons. The van der Waals surface area contributed by atoms with Crippen LogP contribution in [0.5, 0.6) is 11.5 Å². The average molecular weight is 370 g/mol. The molecule has 5 heteroatoms. The molecule has 0 heterocycles. The van der Waals surface area contributed by atoms with Gasteiger partial charge in [0.1, 0.15) is 18.1 Å². The normalized spacial score (nSPS) is 10.3. The molecule has 0 aliphatic rings. The maximum atomic E-state index is 11.6. The van der Waals surface area contributed by atoms with Gasteiger partial charge in [0, 0.05) is 21.1 Å². The lowest BCUT2D eigenvalue weighted by molar-refractivity contribution is 0.101. The third-order valence-electron chi connectivity index (χ3n) is 2.97. The number of methoxy groups -OCH3 is 1. The van der Waals surface area contributed by atoms with Gasteiger partial charge in [-0.3, -0.25) is 4.79 Å². The first-order valence-corrected chi connectivity index (χ1v) is 7.44. The number of halogens is 2. The van der Waals surface area contributed by atoms with E-state index in [2.05, 4.69) is 15.9 Å². The number of rotatable bonds is 5. The first-order chi connectivity index (χ1) is 10.0. The van der Waals surface area contributed by atoms with Gasteiger partial charge in [0.25, 0.3) is 0 Å². The fourth-order valence-electron chi connectivity index (χ4n) is 1.83. The molecule has 2 aromatic carbocycles. The van der Waals surface area contributed by atoms with E-state index in [1.54, 1.807) is 31.4 Å². The highest BCUT2D eigenvalue weighted by Gasteiger charge is 2.11. The molecule has 0 saturated carbocycles. The van der Waals surface area contributed by atoms with Crippen molar-refractivity contribution in [3.8, 4) is 11.5 Å². The number of carbonyl (C=O) groups is 1. The van der Waals surface area contributed by atoms with Crippen molar-refractivity contribution in [2.45, 2.75) is 13.5 Å². The van der Waals surface area contributed by atoms with Crippen molar-refractivity contribution in [2.75, 3.05) is 7.11 Å². The summed E-state index contributed by atoms with van der Waals surface area (Å²) in [6, 6.07) is 10.7. The monoisotopic (exact) mass is 368 g/mol. The zero-order valence-corrected chi connectivity index (χ0v) is 14.0. The number of benzene rings is 2. The van der Waals surface area contributed by atoms with Crippen LogP contribution in [-0.2, 0) is 6.61 Å². The Hall–Kier alpha value is -1.52. The highest BCUT2D eigenvalue weighted by molar-refractivity contribution is 9.10. The Kier molecular flexibility index (Phi) is 5.26. The van der Waals surface area contributed by atoms with E-state index >= 15 is 0 Å². The second-order valence-corrected chi connectivity index (χ2v) is 5.77. The second kappa shape index (κ2) is 6.96. The number of hydrogen-bond acceptors (Lipinski definition) is 3. The van der Waals surface area contributed by atoms with Crippen molar-refractivity contribution >= 4 is 33.3 Å². The molecule has 0 spiro atoms. The van der Waals surface area contributed by atoms with Crippen LogP contribution in [0, 0.1) is 0 Å². The number of ether oxygens (including phenoxy) is 2. The molecule has 110 valence electrons. The van der Waals surface area contributed by atoms with Crippen molar-refractivity contribution in [3.63, 3.8) is 0 Å².